The van der Waals surface area contributed by atoms with Gasteiger partial charge in [0.2, 0.25) is 12.3 Å². The molecule has 328 valence electrons. The number of nitrogens with one attached hydrogen (secondary N) is 4. The molecule has 0 rings (SSSR count). The van der Waals surface area contributed by atoms with Crippen LogP contribution in [0.2, 0.25) is 0 Å². The average molecular weight is 1530 g/mol. The summed E-state index contributed by atoms with van der Waals surface area (Å²) in [6, 6.07) is 0. The van der Waals surface area contributed by atoms with Crippen LogP contribution in [0.5, 0.6) is 0 Å². The molecule has 0 radical (unpaired) electrons. The first-order chi connectivity index (χ1) is 25.0. The molecule has 0 aliphatic rings. The van der Waals surface area contributed by atoms with E-state index in [0.29, 0.717) is 0 Å². The van der Waals surface area contributed by atoms with E-state index >= 15 is 0 Å². The zero-order valence-corrected chi connectivity index (χ0v) is 48.8. The number of esters is 4. The summed E-state index contributed by atoms with van der Waals surface area (Å²) in [7, 11) is 0. The molecule has 0 aromatic carbocycles. The summed E-state index contributed by atoms with van der Waals surface area (Å²) >= 11 is 33.9. The number of hydrogen-bond donors (Lipinski definition) is 4. The molecule has 0 aromatic rings. The zero-order chi connectivity index (χ0) is 45.6. The Morgan fingerprint density at radius 2 is 0.526 bits per heavy atom. The molecule has 0 atom stereocenters. The molecule has 57 heavy (non-hydrogen) atoms. The number of hydrogen-bond acceptors (Lipinski definition) is 12. The number of ether oxygens (including phenoxy) is 4. The van der Waals surface area contributed by atoms with E-state index in [0.717, 1.165) is 0 Å². The molecule has 0 heterocycles. The van der Waals surface area contributed by atoms with Crippen molar-refractivity contribution in [2.45, 2.75) is 94.1 Å². The second-order valence-electron chi connectivity index (χ2n) is 14.5. The number of alkyl halides is 11. The lowest BCUT2D eigenvalue weighted by atomic mass is 9.91. The van der Waals surface area contributed by atoms with E-state index in [9.17, 15) is 38.4 Å². The van der Waals surface area contributed by atoms with Crippen molar-refractivity contribution < 1.29 is 57.3 Å². The molecule has 0 bridgehead atoms. The van der Waals surface area contributed by atoms with E-state index < -0.39 is 111 Å². The molecule has 0 aliphatic carbocycles. The Hall–Kier alpha value is 1.04. The summed E-state index contributed by atoms with van der Waals surface area (Å²) in [5, 5.41) is 9.93. The highest BCUT2D eigenvalue weighted by atomic mass is 80.0. The lowest BCUT2D eigenvalue weighted by molar-refractivity contribution is -0.179. The van der Waals surface area contributed by atoms with Crippen LogP contribution >= 0.6 is 175 Å². The fourth-order valence-electron chi connectivity index (χ4n) is 3.51. The maximum Gasteiger partial charge on any atom is 0.331 e. The maximum atomic E-state index is 13.5. The minimum absolute atomic E-state index is 0.649. The molecule has 27 heteroatoms. The summed E-state index contributed by atoms with van der Waals surface area (Å²) in [5.74, 6) is -6.95. The van der Waals surface area contributed by atoms with Gasteiger partial charge >= 0.3 is 23.9 Å². The average Bonchev–Trinajstić information content (AvgIpc) is 3.00. The molecule has 4 N–H and O–H groups in total. The summed E-state index contributed by atoms with van der Waals surface area (Å²) in [5.41, 5.74) is -8.75. The standard InChI is InChI=1S/C30H39Br11N4O12/c1-22(2,42-14(46)26(9,31)32)18(50)54-10-27(11-55-19(51)23(3,4)43-15(47)28(33,34)35,12-56-20(52)24(5,6)44-16(48)29(36,37)38)13-57-21(53)25(7,8)45-17(49)30(39,40)41/h10-13H2,1-9H3,(H,42,46)(H,43,47)(H,44,48)(H,45,49). The second kappa shape index (κ2) is 21.6. The van der Waals surface area contributed by atoms with E-state index in [1.165, 1.54) is 62.3 Å². The highest BCUT2D eigenvalue weighted by molar-refractivity contribution is 9.40. The van der Waals surface area contributed by atoms with Gasteiger partial charge < -0.3 is 40.2 Å². The van der Waals surface area contributed by atoms with E-state index in [4.69, 9.17) is 18.9 Å². The first kappa shape index (κ1) is 58.0. The van der Waals surface area contributed by atoms with Gasteiger partial charge in [0.25, 0.3) is 17.7 Å². The van der Waals surface area contributed by atoms with Crippen LogP contribution in [0.1, 0.15) is 62.3 Å². The minimum Gasteiger partial charge on any atom is -0.463 e. The van der Waals surface area contributed by atoms with Crippen molar-refractivity contribution in [3.63, 3.8) is 0 Å². The van der Waals surface area contributed by atoms with Crippen LogP contribution in [0.15, 0.2) is 0 Å². The number of amides is 4. The number of carbonyl (C=O) groups excluding carboxylic acids is 8. The van der Waals surface area contributed by atoms with E-state index in [1.807, 2.05) is 0 Å². The van der Waals surface area contributed by atoms with Crippen molar-refractivity contribution in [3.8, 4) is 0 Å². The van der Waals surface area contributed by atoms with Crippen LogP contribution < -0.4 is 21.3 Å². The van der Waals surface area contributed by atoms with E-state index in [-0.39, 0.29) is 0 Å². The largest absolute Gasteiger partial charge is 0.463 e. The molecule has 0 spiro atoms. The molecule has 16 nitrogen and oxygen atoms in total. The molecule has 0 fully saturated rings. The number of halogens is 11. The second-order valence-corrected chi connectivity index (χ2v) is 39.0. The summed E-state index contributed by atoms with van der Waals surface area (Å²) in [4.78, 5) is 105. The van der Waals surface area contributed by atoms with Gasteiger partial charge in [-0.2, -0.15) is 0 Å². The Morgan fingerprint density at radius 1 is 0.351 bits per heavy atom. The maximum absolute atomic E-state index is 13.5. The number of rotatable bonds is 17. The lowest BCUT2D eigenvalue weighted by Crippen LogP contribution is -2.57. The van der Waals surface area contributed by atoms with Crippen molar-refractivity contribution in [2.24, 2.45) is 5.41 Å². The predicted octanol–water partition coefficient (Wildman–Crippen LogP) is 6.75. The Labute approximate surface area is 422 Å². The van der Waals surface area contributed by atoms with Gasteiger partial charge in [-0.05, 0) is 206 Å². The molecule has 0 aliphatic heterocycles. The zero-order valence-electron chi connectivity index (χ0n) is 31.4. The Kier molecular flexibility index (Phi) is 22.0. The van der Waals surface area contributed by atoms with Gasteiger partial charge in [0, 0.05) is 0 Å². The van der Waals surface area contributed by atoms with Crippen LogP contribution in [0.4, 0.5) is 0 Å². The molecule has 0 unspecified atom stereocenters. The minimum atomic E-state index is -1.94. The molecule has 0 saturated carbocycles. The highest BCUT2D eigenvalue weighted by Gasteiger charge is 2.47. The van der Waals surface area contributed by atoms with E-state index in [2.05, 4.69) is 196 Å². The van der Waals surface area contributed by atoms with Crippen LogP contribution in [0.3, 0.4) is 0 Å². The fourth-order valence-corrected chi connectivity index (χ4v) is 4.60. The third-order valence-corrected chi connectivity index (χ3v) is 10.9. The quantitative estimate of drug-likeness (QED) is 0.0676. The van der Waals surface area contributed by atoms with Crippen molar-refractivity contribution in [1.82, 2.24) is 21.3 Å². The smallest absolute Gasteiger partial charge is 0.331 e. The van der Waals surface area contributed by atoms with Crippen molar-refractivity contribution in [1.29, 1.82) is 0 Å². The van der Waals surface area contributed by atoms with Crippen molar-refractivity contribution in [2.75, 3.05) is 26.4 Å². The van der Waals surface area contributed by atoms with Crippen molar-refractivity contribution in [3.05, 3.63) is 0 Å². The van der Waals surface area contributed by atoms with Gasteiger partial charge in [0.1, 0.15) is 54.0 Å². The van der Waals surface area contributed by atoms with Gasteiger partial charge in [-0.15, -0.1) is 0 Å². The molecular formula is C30H39Br11N4O12. The highest BCUT2D eigenvalue weighted by Crippen LogP contribution is 2.36. The lowest BCUT2D eigenvalue weighted by Gasteiger charge is -2.36. The van der Waals surface area contributed by atoms with Gasteiger partial charge in [0.15, 0.2) is 3.23 Å². The summed E-state index contributed by atoms with van der Waals surface area (Å²) in [6.45, 7) is 8.93. The van der Waals surface area contributed by atoms with Crippen molar-refractivity contribution >= 4 is 223 Å². The monoisotopic (exact) mass is 1520 g/mol. The third-order valence-electron chi connectivity index (χ3n) is 6.95. The Balaban J connectivity index is 7.15. The van der Waals surface area contributed by atoms with Crippen LogP contribution in [-0.4, -0.2) is 106 Å². The molecule has 0 aromatic heterocycles. The fraction of sp³-hybridized carbons (Fsp3) is 0.733. The van der Waals surface area contributed by atoms with Gasteiger partial charge in [-0.25, -0.2) is 19.2 Å². The van der Waals surface area contributed by atoms with E-state index in [1.54, 1.807) is 0 Å². The summed E-state index contributed by atoms with van der Waals surface area (Å²) < 4.78 is 16.9. The Bertz CT molecular complexity index is 1340. The molecule has 4 amide bonds. The van der Waals surface area contributed by atoms with Gasteiger partial charge in [0.05, 0.1) is 0 Å². The molecule has 0 saturated heterocycles. The SMILES string of the molecule is CC(Br)(Br)C(=O)NC(C)(C)C(=O)OCC(COC(=O)C(C)(C)NC(=O)C(Br)(Br)Br)(COC(=O)C(C)(C)NC(=O)C(Br)(Br)Br)COC(=O)C(C)(C)NC(=O)C(Br)(Br)Br. The van der Waals surface area contributed by atoms with Gasteiger partial charge in [-0.3, -0.25) is 19.2 Å². The molecular weight excluding hydrogens is 1490 g/mol. The Morgan fingerprint density at radius 3 is 0.684 bits per heavy atom. The first-order valence-electron chi connectivity index (χ1n) is 15.6. The van der Waals surface area contributed by atoms with Crippen LogP contribution in [-0.2, 0) is 57.3 Å². The first-order valence-corrected chi connectivity index (χ1v) is 24.3. The van der Waals surface area contributed by atoms with Crippen LogP contribution in [0, 0.1) is 5.41 Å². The summed E-state index contributed by atoms with van der Waals surface area (Å²) in [6.07, 6.45) is 0. The third kappa shape index (κ3) is 20.0. The predicted molar refractivity (Wildman–Crippen MR) is 250 cm³/mol. The number of carbonyl (C=O) groups is 8. The topological polar surface area (TPSA) is 222 Å². The van der Waals surface area contributed by atoms with Gasteiger partial charge in [-0.1, -0.05) is 31.9 Å². The van der Waals surface area contributed by atoms with Crippen LogP contribution in [0.25, 0.3) is 0 Å². The normalized spacial score (nSPS) is 13.4.